The summed E-state index contributed by atoms with van der Waals surface area (Å²) in [5, 5.41) is 2.28. The highest BCUT2D eigenvalue weighted by Crippen LogP contribution is 2.30. The first-order valence-electron chi connectivity index (χ1n) is 9.82. The van der Waals surface area contributed by atoms with E-state index in [9.17, 15) is 14.0 Å². The molecule has 1 aromatic carbocycles. The number of thiophene rings is 1. The molecule has 0 amide bonds. The zero-order valence-corrected chi connectivity index (χ0v) is 18.3. The molecule has 0 atom stereocenters. The molecule has 3 aromatic heterocycles. The SMILES string of the molecule is COCCn1c(C)cc(C(=O)Cn2cnc3scc(-c4ccc(F)cc4)c3c2=O)c1C. The Morgan fingerprint density at radius 3 is 2.68 bits per heavy atom. The third-order valence-corrected chi connectivity index (χ3v) is 6.31. The number of hydrogen-bond donors (Lipinski definition) is 0. The van der Waals surface area contributed by atoms with Crippen molar-refractivity contribution in [2.24, 2.45) is 0 Å². The molecule has 0 aliphatic heterocycles. The van der Waals surface area contributed by atoms with Gasteiger partial charge in [0.25, 0.3) is 5.56 Å². The first-order chi connectivity index (χ1) is 14.9. The average Bonchev–Trinajstić information content (AvgIpc) is 3.31. The Kier molecular flexibility index (Phi) is 5.84. The molecule has 0 bridgehead atoms. The number of aryl methyl sites for hydroxylation is 1. The fourth-order valence-electron chi connectivity index (χ4n) is 3.77. The van der Waals surface area contributed by atoms with E-state index >= 15 is 0 Å². The predicted octanol–water partition coefficient (Wildman–Crippen LogP) is 4.21. The zero-order valence-electron chi connectivity index (χ0n) is 17.5. The first-order valence-corrected chi connectivity index (χ1v) is 10.7. The van der Waals surface area contributed by atoms with Crippen molar-refractivity contribution in [3.63, 3.8) is 0 Å². The van der Waals surface area contributed by atoms with E-state index in [1.54, 1.807) is 19.2 Å². The third-order valence-electron chi connectivity index (χ3n) is 5.42. The van der Waals surface area contributed by atoms with Crippen molar-refractivity contribution in [1.82, 2.24) is 14.1 Å². The number of hydrogen-bond acceptors (Lipinski definition) is 5. The minimum absolute atomic E-state index is 0.102. The quantitative estimate of drug-likeness (QED) is 0.405. The van der Waals surface area contributed by atoms with E-state index in [0.717, 1.165) is 17.0 Å². The van der Waals surface area contributed by atoms with Crippen molar-refractivity contribution in [1.29, 1.82) is 0 Å². The van der Waals surface area contributed by atoms with Crippen molar-refractivity contribution in [3.05, 3.63) is 75.2 Å². The molecule has 0 radical (unpaired) electrons. The summed E-state index contributed by atoms with van der Waals surface area (Å²) in [5.41, 5.74) is 3.55. The van der Waals surface area contributed by atoms with Crippen LogP contribution in [0.15, 0.2) is 46.8 Å². The van der Waals surface area contributed by atoms with Crippen LogP contribution in [0.3, 0.4) is 0 Å². The molecule has 4 aromatic rings. The molecule has 0 saturated heterocycles. The Bertz CT molecular complexity index is 1320. The molecule has 0 N–H and O–H groups in total. The van der Waals surface area contributed by atoms with Gasteiger partial charge < -0.3 is 9.30 Å². The molecule has 3 heterocycles. The number of halogens is 1. The topological polar surface area (TPSA) is 66.1 Å². The summed E-state index contributed by atoms with van der Waals surface area (Å²) in [6.45, 7) is 4.94. The van der Waals surface area contributed by atoms with Crippen LogP contribution in [0, 0.1) is 19.7 Å². The largest absolute Gasteiger partial charge is 0.383 e. The van der Waals surface area contributed by atoms with Gasteiger partial charge in [-0.1, -0.05) is 12.1 Å². The average molecular weight is 440 g/mol. The van der Waals surface area contributed by atoms with Gasteiger partial charge in [0.15, 0.2) is 5.78 Å². The molecule has 4 rings (SSSR count). The van der Waals surface area contributed by atoms with Crippen LogP contribution in [-0.4, -0.2) is 33.6 Å². The third kappa shape index (κ3) is 3.96. The molecule has 0 aliphatic carbocycles. The smallest absolute Gasteiger partial charge is 0.263 e. The Morgan fingerprint density at radius 1 is 1.23 bits per heavy atom. The number of carbonyl (C=O) groups is 1. The van der Waals surface area contributed by atoms with Crippen LogP contribution < -0.4 is 5.56 Å². The van der Waals surface area contributed by atoms with Gasteiger partial charge in [0.05, 0.1) is 24.9 Å². The monoisotopic (exact) mass is 439 g/mol. The molecule has 0 unspecified atom stereocenters. The molecule has 8 heteroatoms. The number of methoxy groups -OCH3 is 1. The number of benzene rings is 1. The number of ether oxygens (including phenoxy) is 1. The highest BCUT2D eigenvalue weighted by Gasteiger charge is 2.19. The number of carbonyl (C=O) groups excluding carboxylic acids is 1. The summed E-state index contributed by atoms with van der Waals surface area (Å²) in [6.07, 6.45) is 1.41. The summed E-state index contributed by atoms with van der Waals surface area (Å²) in [7, 11) is 1.64. The first kappa shape index (κ1) is 21.1. The summed E-state index contributed by atoms with van der Waals surface area (Å²) in [4.78, 5) is 31.2. The Morgan fingerprint density at radius 2 is 1.97 bits per heavy atom. The van der Waals surface area contributed by atoms with Gasteiger partial charge >= 0.3 is 0 Å². The molecular formula is C23H22FN3O3S. The van der Waals surface area contributed by atoms with Crippen LogP contribution in [0.2, 0.25) is 0 Å². The van der Waals surface area contributed by atoms with E-state index in [2.05, 4.69) is 4.98 Å². The number of ketones is 1. The fraction of sp³-hybridized carbons (Fsp3) is 0.261. The Hall–Kier alpha value is -3.10. The Balaban J connectivity index is 1.69. The molecule has 0 saturated carbocycles. The van der Waals surface area contributed by atoms with Crippen molar-refractivity contribution in [3.8, 4) is 11.1 Å². The molecule has 0 fully saturated rings. The number of Topliss-reactive ketones (excluding diaryl/α,β-unsaturated/α-hetero) is 1. The summed E-state index contributed by atoms with van der Waals surface area (Å²) >= 11 is 1.35. The highest BCUT2D eigenvalue weighted by atomic mass is 32.1. The second kappa shape index (κ2) is 8.56. The van der Waals surface area contributed by atoms with Crippen LogP contribution in [0.25, 0.3) is 21.3 Å². The normalized spacial score (nSPS) is 11.4. The van der Waals surface area contributed by atoms with Crippen LogP contribution in [0.5, 0.6) is 0 Å². The minimum atomic E-state index is -0.340. The van der Waals surface area contributed by atoms with Crippen LogP contribution in [0.1, 0.15) is 21.7 Å². The van der Waals surface area contributed by atoms with Crippen LogP contribution >= 0.6 is 11.3 Å². The second-order valence-corrected chi connectivity index (χ2v) is 8.22. The second-order valence-electron chi connectivity index (χ2n) is 7.37. The van der Waals surface area contributed by atoms with E-state index in [4.69, 9.17) is 4.74 Å². The van der Waals surface area contributed by atoms with Gasteiger partial charge in [-0.3, -0.25) is 14.2 Å². The number of fused-ring (bicyclic) bond motifs is 1. The van der Waals surface area contributed by atoms with Crippen molar-refractivity contribution < 1.29 is 13.9 Å². The predicted molar refractivity (Wildman–Crippen MR) is 119 cm³/mol. The van der Waals surface area contributed by atoms with E-state index in [-0.39, 0.29) is 23.7 Å². The van der Waals surface area contributed by atoms with Gasteiger partial charge in [-0.2, -0.15) is 0 Å². The maximum absolute atomic E-state index is 13.3. The van der Waals surface area contributed by atoms with Crippen LogP contribution in [-0.2, 0) is 17.8 Å². The van der Waals surface area contributed by atoms with Crippen molar-refractivity contribution in [2.75, 3.05) is 13.7 Å². The maximum Gasteiger partial charge on any atom is 0.263 e. The lowest BCUT2D eigenvalue weighted by atomic mass is 10.1. The highest BCUT2D eigenvalue weighted by molar-refractivity contribution is 7.17. The van der Waals surface area contributed by atoms with Gasteiger partial charge in [-0.25, -0.2) is 9.37 Å². The fourth-order valence-corrected chi connectivity index (χ4v) is 4.68. The molecule has 6 nitrogen and oxygen atoms in total. The van der Waals surface area contributed by atoms with E-state index in [1.807, 2.05) is 29.9 Å². The molecule has 0 spiro atoms. The molecule has 0 aliphatic rings. The minimum Gasteiger partial charge on any atom is -0.383 e. The van der Waals surface area contributed by atoms with Gasteiger partial charge in [-0.05, 0) is 37.6 Å². The molecule has 31 heavy (non-hydrogen) atoms. The number of rotatable bonds is 7. The number of aromatic nitrogens is 3. The lowest BCUT2D eigenvalue weighted by molar-refractivity contribution is 0.0969. The van der Waals surface area contributed by atoms with E-state index in [1.165, 1.54) is 34.4 Å². The van der Waals surface area contributed by atoms with Crippen molar-refractivity contribution >= 4 is 27.3 Å². The van der Waals surface area contributed by atoms with Crippen LogP contribution in [0.4, 0.5) is 4.39 Å². The molecule has 160 valence electrons. The summed E-state index contributed by atoms with van der Waals surface area (Å²) in [6, 6.07) is 7.83. The van der Waals surface area contributed by atoms with Gasteiger partial charge in [-0.15, -0.1) is 11.3 Å². The standard InChI is InChI=1S/C23H22FN3O3S/c1-14-10-18(15(2)27(14)8-9-30-3)20(28)11-26-13-25-22-21(23(26)29)19(12-31-22)16-4-6-17(24)7-5-16/h4-7,10,12-13H,8-9,11H2,1-3H3. The van der Waals surface area contributed by atoms with Gasteiger partial charge in [0.1, 0.15) is 10.6 Å². The molecular weight excluding hydrogens is 417 g/mol. The zero-order chi connectivity index (χ0) is 22.1. The summed E-state index contributed by atoms with van der Waals surface area (Å²) < 4.78 is 21.8. The Labute approximate surface area is 182 Å². The van der Waals surface area contributed by atoms with Gasteiger partial charge in [0, 0.05) is 41.5 Å². The maximum atomic E-state index is 13.3. The lowest BCUT2D eigenvalue weighted by Gasteiger charge is -2.09. The van der Waals surface area contributed by atoms with Crippen molar-refractivity contribution in [2.45, 2.75) is 26.9 Å². The van der Waals surface area contributed by atoms with E-state index in [0.29, 0.717) is 34.5 Å². The van der Waals surface area contributed by atoms with Gasteiger partial charge in [0.2, 0.25) is 0 Å². The number of nitrogens with zero attached hydrogens (tertiary/aromatic N) is 3. The lowest BCUT2D eigenvalue weighted by Crippen LogP contribution is -2.24. The summed E-state index contributed by atoms with van der Waals surface area (Å²) in [5.74, 6) is -0.494. The van der Waals surface area contributed by atoms with E-state index < -0.39 is 0 Å².